The molecule has 0 bridgehead atoms. The summed E-state index contributed by atoms with van der Waals surface area (Å²) >= 11 is 0. The van der Waals surface area contributed by atoms with Crippen LogP contribution >= 0.6 is 0 Å². The monoisotopic (exact) mass is 706 g/mol. The van der Waals surface area contributed by atoms with Gasteiger partial charge in [-0.1, -0.05) is 93.7 Å². The molecule has 1 aromatic carbocycles. The number of carbonyl (C=O) groups is 3. The van der Waals surface area contributed by atoms with Crippen LogP contribution in [0.1, 0.15) is 105 Å². The first-order valence-electron chi connectivity index (χ1n) is 18.8. The molecule has 1 aliphatic rings. The third kappa shape index (κ3) is 14.0. The van der Waals surface area contributed by atoms with Gasteiger partial charge in [0.15, 0.2) is 0 Å². The van der Waals surface area contributed by atoms with Gasteiger partial charge in [-0.05, 0) is 102 Å². The minimum absolute atomic E-state index is 0.141. The second kappa shape index (κ2) is 23.5. The first kappa shape index (κ1) is 41.5. The number of carbonyl (C=O) groups excluding carboxylic acids is 3. The summed E-state index contributed by atoms with van der Waals surface area (Å²) < 4.78 is 5.62. The number of aromatic amines is 1. The van der Waals surface area contributed by atoms with E-state index in [9.17, 15) is 14.4 Å². The summed E-state index contributed by atoms with van der Waals surface area (Å²) in [5, 5.41) is 5.90. The number of aryl methyl sites for hydroxylation is 1. The molecule has 0 unspecified atom stereocenters. The highest BCUT2D eigenvalue weighted by Gasteiger charge is 2.26. The third-order valence-corrected chi connectivity index (χ3v) is 8.72. The molecule has 0 aliphatic carbocycles. The molecule has 278 valence electrons. The minimum Gasteiger partial charge on any atom is -0.426 e. The Balaban J connectivity index is 1.43. The summed E-state index contributed by atoms with van der Waals surface area (Å²) in [6, 6.07) is 5.13. The van der Waals surface area contributed by atoms with Gasteiger partial charge in [-0.15, -0.1) is 0 Å². The Bertz CT molecular complexity index is 1680. The zero-order chi connectivity index (χ0) is 37.6. The van der Waals surface area contributed by atoms with Gasteiger partial charge in [-0.25, -0.2) is 0 Å². The molecule has 0 radical (unpaired) electrons. The van der Waals surface area contributed by atoms with Gasteiger partial charge in [-0.3, -0.25) is 14.4 Å². The first-order chi connectivity index (χ1) is 25.3. The van der Waals surface area contributed by atoms with Gasteiger partial charge in [-0.2, -0.15) is 0 Å². The maximum absolute atomic E-state index is 13.0. The lowest BCUT2D eigenvalue weighted by molar-refractivity contribution is -0.134. The molecule has 0 spiro atoms. The Morgan fingerprint density at radius 3 is 1.96 bits per heavy atom. The summed E-state index contributed by atoms with van der Waals surface area (Å²) in [5.74, 6) is -0.359. The number of H-pyrrole nitrogens is 1. The SMILES string of the molecule is CC/C=C\C/C=C\C/C=C\C/C=C\C/C=C\C/C=C\CCC(=O)Oc1ccc2c(c1)/C(=C/c1[nH]c(C)c(C(=O)NCCN(CC)CC)c1C)C(=O)N2. The molecule has 0 saturated heterocycles. The average Bonchev–Trinajstić information content (AvgIpc) is 3.60. The second-order valence-corrected chi connectivity index (χ2v) is 12.6. The minimum atomic E-state index is -0.338. The lowest BCUT2D eigenvalue weighted by atomic mass is 10.0. The predicted molar refractivity (Wildman–Crippen MR) is 216 cm³/mol. The average molecular weight is 707 g/mol. The fraction of sp³-hybridized carbons (Fsp3) is 0.386. The van der Waals surface area contributed by atoms with Gasteiger partial charge in [0.2, 0.25) is 0 Å². The number of amides is 2. The van der Waals surface area contributed by atoms with Crippen molar-refractivity contribution in [1.29, 1.82) is 0 Å². The van der Waals surface area contributed by atoms with Crippen LogP contribution < -0.4 is 15.4 Å². The molecule has 52 heavy (non-hydrogen) atoms. The molecule has 2 aromatic rings. The number of benzene rings is 1. The lowest BCUT2D eigenvalue weighted by Crippen LogP contribution is -2.35. The van der Waals surface area contributed by atoms with Gasteiger partial charge in [0.25, 0.3) is 11.8 Å². The fourth-order valence-corrected chi connectivity index (χ4v) is 5.76. The Kier molecular flexibility index (Phi) is 18.7. The number of allylic oxidation sites excluding steroid dienone is 12. The normalized spacial score (nSPS) is 14.1. The standard InChI is InChI=1S/C44H58N4O4/c1-6-9-10-11-12-13-14-15-16-17-18-19-20-21-22-23-24-25-26-27-41(49)52-36-28-29-39-37(32-36)38(43(50)47-39)33-40-34(4)42(35(5)46-40)44(51)45-30-31-48(7-2)8-3/h9-10,12-13,15-16,18-19,21-22,24-25,28-29,32-33,46H,6-8,11,14,17,20,23,26-27,30-31H2,1-5H3,(H,45,51)(H,47,50)/b10-9-,13-12-,16-15-,19-18-,22-21-,25-24-,38-33-. The summed E-state index contributed by atoms with van der Waals surface area (Å²) in [4.78, 5) is 44.1. The van der Waals surface area contributed by atoms with E-state index < -0.39 is 0 Å². The van der Waals surface area contributed by atoms with Crippen LogP contribution in [0.25, 0.3) is 11.6 Å². The van der Waals surface area contributed by atoms with E-state index in [1.165, 1.54) is 0 Å². The smallest absolute Gasteiger partial charge is 0.311 e. The number of hydrogen-bond donors (Lipinski definition) is 3. The largest absolute Gasteiger partial charge is 0.426 e. The molecular formula is C44H58N4O4. The van der Waals surface area contributed by atoms with Crippen molar-refractivity contribution in [2.45, 2.75) is 86.0 Å². The molecule has 2 heterocycles. The molecule has 0 saturated carbocycles. The van der Waals surface area contributed by atoms with Crippen molar-refractivity contribution in [3.63, 3.8) is 0 Å². The molecule has 8 nitrogen and oxygen atoms in total. The van der Waals surface area contributed by atoms with Crippen LogP contribution in [-0.4, -0.2) is 53.8 Å². The van der Waals surface area contributed by atoms with Crippen LogP contribution in [0.2, 0.25) is 0 Å². The zero-order valence-corrected chi connectivity index (χ0v) is 31.8. The number of likely N-dealkylation sites (N-methyl/N-ethyl adjacent to an activating group) is 1. The first-order valence-corrected chi connectivity index (χ1v) is 18.8. The van der Waals surface area contributed by atoms with Crippen LogP contribution in [0.4, 0.5) is 5.69 Å². The number of rotatable bonds is 22. The molecule has 0 fully saturated rings. The van der Waals surface area contributed by atoms with E-state index in [1.54, 1.807) is 24.3 Å². The van der Waals surface area contributed by atoms with Gasteiger partial charge in [0.1, 0.15) is 5.75 Å². The van der Waals surface area contributed by atoms with Crippen LogP contribution in [0.3, 0.4) is 0 Å². The van der Waals surface area contributed by atoms with E-state index in [4.69, 9.17) is 4.74 Å². The van der Waals surface area contributed by atoms with Crippen molar-refractivity contribution in [2.24, 2.45) is 0 Å². The van der Waals surface area contributed by atoms with Gasteiger partial charge in [0, 0.05) is 42.1 Å². The van der Waals surface area contributed by atoms with Crippen LogP contribution in [0, 0.1) is 13.8 Å². The number of anilines is 1. The number of nitrogens with one attached hydrogen (secondary N) is 3. The van der Waals surface area contributed by atoms with Crippen molar-refractivity contribution in [3.8, 4) is 5.75 Å². The van der Waals surface area contributed by atoms with Crippen molar-refractivity contribution >= 4 is 35.1 Å². The summed E-state index contributed by atoms with van der Waals surface area (Å²) in [5.41, 5.74) is 4.49. The van der Waals surface area contributed by atoms with E-state index in [0.29, 0.717) is 46.8 Å². The molecule has 2 amide bonds. The molecule has 3 N–H and O–H groups in total. The summed E-state index contributed by atoms with van der Waals surface area (Å²) in [7, 11) is 0. The van der Waals surface area contributed by atoms with Crippen LogP contribution in [-0.2, 0) is 9.59 Å². The maximum Gasteiger partial charge on any atom is 0.311 e. The van der Waals surface area contributed by atoms with E-state index in [-0.39, 0.29) is 24.2 Å². The number of esters is 1. The highest BCUT2D eigenvalue weighted by molar-refractivity contribution is 6.35. The van der Waals surface area contributed by atoms with Gasteiger partial charge < -0.3 is 25.3 Å². The molecule has 0 atom stereocenters. The van der Waals surface area contributed by atoms with E-state index >= 15 is 0 Å². The van der Waals surface area contributed by atoms with Crippen LogP contribution in [0.15, 0.2) is 91.1 Å². The molecule has 1 aromatic heterocycles. The number of hydrogen-bond acceptors (Lipinski definition) is 5. The summed E-state index contributed by atoms with van der Waals surface area (Å²) in [6.45, 7) is 13.3. The van der Waals surface area contributed by atoms with Gasteiger partial charge in [0.05, 0.1) is 11.1 Å². The maximum atomic E-state index is 13.0. The van der Waals surface area contributed by atoms with Crippen molar-refractivity contribution in [3.05, 3.63) is 119 Å². The summed E-state index contributed by atoms with van der Waals surface area (Å²) in [6.07, 6.45) is 34.1. The predicted octanol–water partition coefficient (Wildman–Crippen LogP) is 9.58. The van der Waals surface area contributed by atoms with E-state index in [1.807, 2.05) is 19.9 Å². The van der Waals surface area contributed by atoms with Crippen LogP contribution in [0.5, 0.6) is 5.75 Å². The molecule has 1 aliphatic heterocycles. The Labute approximate surface area is 311 Å². The quantitative estimate of drug-likeness (QED) is 0.0490. The Morgan fingerprint density at radius 1 is 0.808 bits per heavy atom. The fourth-order valence-electron chi connectivity index (χ4n) is 5.76. The lowest BCUT2D eigenvalue weighted by Gasteiger charge is -2.18. The highest BCUT2D eigenvalue weighted by atomic mass is 16.5. The zero-order valence-electron chi connectivity index (χ0n) is 31.8. The Hall–Kier alpha value is -4.95. The number of ether oxygens (including phenoxy) is 1. The number of fused-ring (bicyclic) bond motifs is 1. The van der Waals surface area contributed by atoms with Crippen molar-refractivity contribution in [2.75, 3.05) is 31.5 Å². The molecule has 3 rings (SSSR count). The molecule has 8 heteroatoms. The van der Waals surface area contributed by atoms with E-state index in [0.717, 1.165) is 69.4 Å². The van der Waals surface area contributed by atoms with Crippen molar-refractivity contribution < 1.29 is 19.1 Å². The van der Waals surface area contributed by atoms with Crippen molar-refractivity contribution in [1.82, 2.24) is 15.2 Å². The second-order valence-electron chi connectivity index (χ2n) is 12.6. The highest BCUT2D eigenvalue weighted by Crippen LogP contribution is 2.36. The topological polar surface area (TPSA) is 104 Å². The van der Waals surface area contributed by atoms with E-state index in [2.05, 4.69) is 108 Å². The van der Waals surface area contributed by atoms with Gasteiger partial charge >= 0.3 is 5.97 Å². The number of aromatic nitrogens is 1. The molecular weight excluding hydrogens is 649 g/mol. The Morgan fingerprint density at radius 2 is 1.38 bits per heavy atom. The third-order valence-electron chi connectivity index (χ3n) is 8.72. The number of nitrogens with zero attached hydrogens (tertiary/aromatic N) is 1.